The predicted octanol–water partition coefficient (Wildman–Crippen LogP) is 2.41. The molecule has 0 bridgehead atoms. The average Bonchev–Trinajstić information content (AvgIpc) is 1.74. The van der Waals surface area contributed by atoms with Gasteiger partial charge in [0.1, 0.15) is 0 Å². The van der Waals surface area contributed by atoms with Crippen molar-refractivity contribution < 1.29 is 8.37 Å². The topological polar surface area (TPSA) is 27.7 Å². The Labute approximate surface area is 111 Å². The molecule has 0 aliphatic carbocycles. The molecular formula is C8H26Ge4O3. The average molecular weight is 461 g/mol. The van der Waals surface area contributed by atoms with Gasteiger partial charge < -0.3 is 0 Å². The standard InChI is InChI=1S/C8H26Ge4O3/c1-9-13-11(5,6)15-12(7,8)14-10(2,3)4/h9H2,1-8H3. The maximum absolute atomic E-state index is 6.27. The maximum atomic E-state index is 6.27. The summed E-state index contributed by atoms with van der Waals surface area (Å²) in [7, 11) is 0. The Bertz CT molecular complexity index is 201. The van der Waals surface area contributed by atoms with Crippen LogP contribution in [0.1, 0.15) is 0 Å². The van der Waals surface area contributed by atoms with Crippen molar-refractivity contribution in [1.29, 1.82) is 0 Å². The summed E-state index contributed by atoms with van der Waals surface area (Å²) in [5.74, 6) is 17.8. The van der Waals surface area contributed by atoms with Gasteiger partial charge in [-0.3, -0.25) is 0 Å². The summed E-state index contributed by atoms with van der Waals surface area (Å²) in [6.07, 6.45) is 0. The van der Waals surface area contributed by atoms with E-state index in [2.05, 4.69) is 46.0 Å². The molecule has 7 heteroatoms. The molecule has 0 unspecified atom stereocenters. The van der Waals surface area contributed by atoms with Gasteiger partial charge in [-0.25, -0.2) is 0 Å². The third kappa shape index (κ3) is 9.73. The van der Waals surface area contributed by atoms with Gasteiger partial charge in [0.15, 0.2) is 0 Å². The molecule has 0 atom stereocenters. The van der Waals surface area contributed by atoms with Crippen LogP contribution in [0.4, 0.5) is 0 Å². The molecule has 0 aromatic heterocycles. The molecule has 0 aliphatic rings. The normalized spacial score (nSPS) is 15.2. The van der Waals surface area contributed by atoms with Crippen LogP contribution in [0.5, 0.6) is 0 Å². The Hall–Kier alpha value is 2.05. The Kier molecular flexibility index (Phi) is 7.15. The molecule has 15 heavy (non-hydrogen) atoms. The van der Waals surface area contributed by atoms with Gasteiger partial charge in [-0.1, -0.05) is 0 Å². The van der Waals surface area contributed by atoms with Gasteiger partial charge in [-0.05, 0) is 0 Å². The third-order valence-electron chi connectivity index (χ3n) is 1.54. The zero-order valence-electron chi connectivity index (χ0n) is 11.4. The molecule has 0 aliphatic heterocycles. The minimum atomic E-state index is -2.46. The van der Waals surface area contributed by atoms with Gasteiger partial charge in [0, 0.05) is 0 Å². The first-order valence-electron chi connectivity index (χ1n) is 5.52. The van der Waals surface area contributed by atoms with Crippen LogP contribution >= 0.6 is 0 Å². The second-order valence-electron chi connectivity index (χ2n) is 5.55. The summed E-state index contributed by atoms with van der Waals surface area (Å²) in [6.45, 7) is 0. The first kappa shape index (κ1) is 17.1. The van der Waals surface area contributed by atoms with Gasteiger partial charge in [0.25, 0.3) is 0 Å². The van der Waals surface area contributed by atoms with E-state index >= 15 is 0 Å². The first-order chi connectivity index (χ1) is 6.47. The molecule has 3 nitrogen and oxygen atoms in total. The van der Waals surface area contributed by atoms with Crippen molar-refractivity contribution in [2.24, 2.45) is 0 Å². The van der Waals surface area contributed by atoms with Crippen LogP contribution < -0.4 is 0 Å². The molecule has 0 spiro atoms. The zero-order chi connectivity index (χ0) is 12.3. The monoisotopic (exact) mass is 466 g/mol. The zero-order valence-corrected chi connectivity index (χ0v) is 20.7. The molecule has 0 fully saturated rings. The first-order valence-corrected chi connectivity index (χ1v) is 28.7. The van der Waals surface area contributed by atoms with Gasteiger partial charge in [-0.2, -0.15) is 0 Å². The van der Waals surface area contributed by atoms with E-state index in [0.717, 1.165) is 0 Å². The van der Waals surface area contributed by atoms with Crippen LogP contribution in [-0.4, -0.2) is 57.2 Å². The van der Waals surface area contributed by atoms with E-state index in [1.54, 1.807) is 0 Å². The quantitative estimate of drug-likeness (QED) is 0.570. The van der Waals surface area contributed by atoms with Gasteiger partial charge in [-0.15, -0.1) is 0 Å². The van der Waals surface area contributed by atoms with Gasteiger partial charge in [0.05, 0.1) is 0 Å². The molecule has 0 aromatic rings. The molecule has 0 rings (SSSR count). The second-order valence-corrected chi connectivity index (χ2v) is 36.4. The summed E-state index contributed by atoms with van der Waals surface area (Å²) in [5, 5.41) is 0. The fourth-order valence-corrected chi connectivity index (χ4v) is 52.3. The van der Waals surface area contributed by atoms with Crippen LogP contribution in [0.2, 0.25) is 46.0 Å². The van der Waals surface area contributed by atoms with E-state index in [1.807, 2.05) is 0 Å². The fraction of sp³-hybridized carbons (Fsp3) is 1.00. The summed E-state index contributed by atoms with van der Waals surface area (Å²) >= 11 is -7.51. The van der Waals surface area contributed by atoms with Crippen molar-refractivity contribution in [2.75, 3.05) is 0 Å². The Morgan fingerprint density at radius 1 is 0.733 bits per heavy atom. The molecule has 0 aromatic carbocycles. The van der Waals surface area contributed by atoms with Crippen LogP contribution in [0.25, 0.3) is 0 Å². The number of hydrogen-bond donors (Lipinski definition) is 0. The second kappa shape index (κ2) is 6.29. The Morgan fingerprint density at radius 3 is 1.53 bits per heavy atom. The fourth-order valence-electron chi connectivity index (χ4n) is 1.73. The Balaban J connectivity index is 4.36. The summed E-state index contributed by atoms with van der Waals surface area (Å²) in [5.41, 5.74) is 0. The molecule has 92 valence electrons. The predicted molar refractivity (Wildman–Crippen MR) is 76.0 cm³/mol. The van der Waals surface area contributed by atoms with Crippen molar-refractivity contribution >= 4 is 57.2 Å². The van der Waals surface area contributed by atoms with Crippen molar-refractivity contribution in [2.45, 2.75) is 46.0 Å². The van der Waals surface area contributed by atoms with Crippen molar-refractivity contribution in [3.8, 4) is 0 Å². The minimum absolute atomic E-state index is 0.740. The molecule has 0 N–H and O–H groups in total. The van der Waals surface area contributed by atoms with Crippen LogP contribution in [0.3, 0.4) is 0 Å². The molecule has 0 saturated carbocycles. The molecule has 0 heterocycles. The molecule has 0 amide bonds. The van der Waals surface area contributed by atoms with Crippen molar-refractivity contribution in [3.63, 3.8) is 0 Å². The molecular weight excluding hydrogens is 435 g/mol. The van der Waals surface area contributed by atoms with E-state index in [4.69, 9.17) is 8.37 Å². The van der Waals surface area contributed by atoms with Crippen LogP contribution in [-0.2, 0) is 8.37 Å². The summed E-state index contributed by atoms with van der Waals surface area (Å²) in [4.78, 5) is 0. The van der Waals surface area contributed by atoms with E-state index in [0.29, 0.717) is 0 Å². The van der Waals surface area contributed by atoms with E-state index < -0.39 is 57.2 Å². The number of rotatable bonds is 6. The van der Waals surface area contributed by atoms with E-state index in [9.17, 15) is 0 Å². The Morgan fingerprint density at radius 2 is 1.20 bits per heavy atom. The van der Waals surface area contributed by atoms with Crippen molar-refractivity contribution in [1.82, 2.24) is 0 Å². The molecule has 0 saturated heterocycles. The summed E-state index contributed by atoms with van der Waals surface area (Å²) < 4.78 is 18.4. The van der Waals surface area contributed by atoms with Gasteiger partial charge >= 0.3 is 112 Å². The van der Waals surface area contributed by atoms with E-state index in [1.165, 1.54) is 0 Å². The summed E-state index contributed by atoms with van der Waals surface area (Å²) in [6, 6.07) is 0. The third-order valence-corrected chi connectivity index (χ3v) is 41.5. The van der Waals surface area contributed by atoms with Crippen LogP contribution in [0, 0.1) is 0 Å². The SMILES string of the molecule is [CH3][GeH2][O][Ge]([CH3])([CH3])[O][Ge]([CH3])([CH3])[O][Ge]([CH3])([CH3])[CH3]. The number of hydrogen-bond acceptors (Lipinski definition) is 3. The van der Waals surface area contributed by atoms with Crippen molar-refractivity contribution in [3.05, 3.63) is 0 Å². The van der Waals surface area contributed by atoms with Crippen LogP contribution in [0.15, 0.2) is 0 Å². The molecule has 0 radical (unpaired) electrons. The van der Waals surface area contributed by atoms with E-state index in [-0.39, 0.29) is 0 Å². The van der Waals surface area contributed by atoms with Gasteiger partial charge in [0.2, 0.25) is 0 Å².